The maximum absolute atomic E-state index is 6.22. The summed E-state index contributed by atoms with van der Waals surface area (Å²) in [4.78, 5) is 0. The Morgan fingerprint density at radius 3 is 3.10 bits per heavy atom. The summed E-state index contributed by atoms with van der Waals surface area (Å²) in [5.41, 5.74) is 5.30. The number of anilines is 1. The Bertz CT molecular complexity index is 715. The summed E-state index contributed by atoms with van der Waals surface area (Å²) in [6, 6.07) is 6.74. The second-order valence-electron chi connectivity index (χ2n) is 5.70. The van der Waals surface area contributed by atoms with E-state index < -0.39 is 0 Å². The molecule has 2 heterocycles. The zero-order valence-electron chi connectivity index (χ0n) is 11.4. The number of ether oxygens (including phenoxy) is 1. The minimum atomic E-state index is 0.378. The molecule has 0 fully saturated rings. The Morgan fingerprint density at radius 2 is 2.30 bits per heavy atom. The first-order chi connectivity index (χ1) is 9.70. The van der Waals surface area contributed by atoms with Gasteiger partial charge in [0.1, 0.15) is 5.75 Å². The fraction of sp³-hybridized carbons (Fsp3) is 0.375. The smallest absolute Gasteiger partial charge is 0.130 e. The number of fused-ring (bicyclic) bond motifs is 5. The van der Waals surface area contributed by atoms with Crippen LogP contribution in [0.15, 0.2) is 18.2 Å². The van der Waals surface area contributed by atoms with E-state index in [4.69, 9.17) is 16.3 Å². The van der Waals surface area contributed by atoms with Crippen LogP contribution in [0.1, 0.15) is 22.6 Å². The molecule has 2 atom stereocenters. The van der Waals surface area contributed by atoms with Gasteiger partial charge in [-0.15, -0.1) is 11.6 Å². The van der Waals surface area contributed by atoms with Gasteiger partial charge in [0.15, 0.2) is 0 Å². The van der Waals surface area contributed by atoms with Crippen LogP contribution in [-0.2, 0) is 6.42 Å². The van der Waals surface area contributed by atoms with Gasteiger partial charge in [0.25, 0.3) is 0 Å². The molecule has 0 spiro atoms. The number of alkyl halides is 1. The van der Waals surface area contributed by atoms with Gasteiger partial charge in [-0.2, -0.15) is 0 Å². The number of rotatable bonds is 1. The van der Waals surface area contributed by atoms with E-state index in [-0.39, 0.29) is 0 Å². The van der Waals surface area contributed by atoms with Crippen LogP contribution >= 0.6 is 21.0 Å². The predicted octanol–water partition coefficient (Wildman–Crippen LogP) is 4.02. The topological polar surface area (TPSA) is 12.5 Å². The molecule has 0 aliphatic carbocycles. The van der Waals surface area contributed by atoms with Gasteiger partial charge < -0.3 is 9.41 Å². The number of nitrogens with zero attached hydrogens (tertiary/aromatic N) is 1. The second kappa shape index (κ2) is 4.51. The summed E-state index contributed by atoms with van der Waals surface area (Å²) in [5.74, 6) is 2.13. The molecule has 1 unspecified atom stereocenters. The largest absolute Gasteiger partial charge is 0.492 e. The van der Waals surface area contributed by atoms with Crippen LogP contribution in [0.5, 0.6) is 5.75 Å². The van der Waals surface area contributed by atoms with E-state index in [1.165, 1.54) is 33.2 Å². The van der Waals surface area contributed by atoms with Crippen molar-refractivity contribution in [2.45, 2.75) is 19.3 Å². The quantitative estimate of drug-likeness (QED) is 0.583. The molecule has 0 N–H and O–H groups in total. The van der Waals surface area contributed by atoms with Gasteiger partial charge in [-0.1, -0.05) is 12.1 Å². The normalized spacial score (nSPS) is 20.1. The number of aryl methyl sites for hydroxylation is 1. The van der Waals surface area contributed by atoms with Crippen LogP contribution in [0, 0.1) is 6.92 Å². The summed E-state index contributed by atoms with van der Waals surface area (Å²) in [7, 11) is 2.82. The highest BCUT2D eigenvalue weighted by molar-refractivity contribution is 7.19. The molecule has 4 heteroatoms. The molecule has 4 rings (SSSR count). The van der Waals surface area contributed by atoms with Crippen LogP contribution in [0.2, 0.25) is 0 Å². The molecule has 2 aliphatic heterocycles. The molecule has 0 saturated carbocycles. The summed E-state index contributed by atoms with van der Waals surface area (Å²) in [6.45, 7) is 3.94. The van der Waals surface area contributed by atoms with Crippen molar-refractivity contribution < 1.29 is 4.74 Å². The van der Waals surface area contributed by atoms with Crippen LogP contribution in [0.3, 0.4) is 0 Å². The summed E-state index contributed by atoms with van der Waals surface area (Å²) in [6.07, 6.45) is 1.02. The lowest BCUT2D eigenvalue weighted by molar-refractivity contribution is 0.360. The van der Waals surface area contributed by atoms with Crippen LogP contribution in [0.4, 0.5) is 5.69 Å². The molecule has 20 heavy (non-hydrogen) atoms. The van der Waals surface area contributed by atoms with Gasteiger partial charge in [-0.05, 0) is 44.5 Å². The number of benzene rings is 2. The average molecular weight is 306 g/mol. The molecule has 0 amide bonds. The van der Waals surface area contributed by atoms with Crippen molar-refractivity contribution >= 4 is 37.5 Å². The lowest BCUT2D eigenvalue weighted by atomic mass is 9.91. The molecule has 0 bridgehead atoms. The Kier molecular flexibility index (Phi) is 2.87. The highest BCUT2D eigenvalue weighted by Gasteiger charge is 2.31. The van der Waals surface area contributed by atoms with Gasteiger partial charge in [-0.3, -0.25) is 0 Å². The summed E-state index contributed by atoms with van der Waals surface area (Å²) in [5, 5.41) is 2.60. The van der Waals surface area contributed by atoms with Gasteiger partial charge in [-0.25, -0.2) is 0 Å². The van der Waals surface area contributed by atoms with E-state index in [2.05, 4.69) is 39.2 Å². The summed E-state index contributed by atoms with van der Waals surface area (Å²) >= 11 is 6.22. The van der Waals surface area contributed by atoms with Crippen molar-refractivity contribution in [3.05, 3.63) is 34.9 Å². The van der Waals surface area contributed by atoms with Crippen LogP contribution < -0.4 is 9.41 Å². The van der Waals surface area contributed by atoms with Crippen LogP contribution in [-0.4, -0.2) is 19.0 Å². The van der Waals surface area contributed by atoms with E-state index in [0.29, 0.717) is 11.8 Å². The maximum atomic E-state index is 6.22. The van der Waals surface area contributed by atoms with E-state index in [9.17, 15) is 0 Å². The third kappa shape index (κ3) is 1.61. The Labute approximate surface area is 126 Å². The van der Waals surface area contributed by atoms with Gasteiger partial charge in [0.2, 0.25) is 0 Å². The van der Waals surface area contributed by atoms with E-state index in [1.807, 2.05) is 0 Å². The van der Waals surface area contributed by atoms with E-state index in [1.54, 1.807) is 0 Å². The fourth-order valence-corrected chi connectivity index (χ4v) is 4.26. The first-order valence-corrected chi connectivity index (χ1v) is 8.06. The molecule has 2 aliphatic rings. The minimum Gasteiger partial charge on any atom is -0.492 e. The number of halogens is 1. The van der Waals surface area contributed by atoms with E-state index in [0.717, 1.165) is 25.3 Å². The Morgan fingerprint density at radius 1 is 1.45 bits per heavy atom. The molecule has 2 aromatic rings. The highest BCUT2D eigenvalue weighted by Crippen LogP contribution is 2.48. The van der Waals surface area contributed by atoms with Crippen molar-refractivity contribution in [1.82, 2.24) is 0 Å². The molecule has 2 aromatic carbocycles. The second-order valence-corrected chi connectivity index (χ2v) is 6.64. The SMILES string of the molecule is Cc1cc2c(c3c4c(ccc13)CCO4)[C@H](CCl)CN2P. The monoisotopic (exact) mass is 305 g/mol. The number of hydrogen-bond donors (Lipinski definition) is 0. The van der Waals surface area contributed by atoms with E-state index >= 15 is 0 Å². The predicted molar refractivity (Wildman–Crippen MR) is 88.4 cm³/mol. The molecule has 0 radical (unpaired) electrons. The van der Waals surface area contributed by atoms with Crippen molar-refractivity contribution in [1.29, 1.82) is 0 Å². The third-order valence-corrected chi connectivity index (χ3v) is 5.36. The summed E-state index contributed by atoms with van der Waals surface area (Å²) < 4.78 is 8.19. The molecule has 104 valence electrons. The fourth-order valence-electron chi connectivity index (χ4n) is 3.54. The first kappa shape index (κ1) is 12.7. The molecular formula is C16H17ClNOP. The Balaban J connectivity index is 2.14. The zero-order chi connectivity index (χ0) is 13.9. The first-order valence-electron chi connectivity index (χ1n) is 7.00. The van der Waals surface area contributed by atoms with Crippen molar-refractivity contribution in [2.75, 3.05) is 23.7 Å². The highest BCUT2D eigenvalue weighted by atomic mass is 35.5. The van der Waals surface area contributed by atoms with Gasteiger partial charge in [0, 0.05) is 35.8 Å². The lowest BCUT2D eigenvalue weighted by Crippen LogP contribution is -2.09. The average Bonchev–Trinajstić information content (AvgIpc) is 3.03. The van der Waals surface area contributed by atoms with Crippen molar-refractivity contribution in [3.8, 4) is 5.75 Å². The van der Waals surface area contributed by atoms with Gasteiger partial charge >= 0.3 is 0 Å². The van der Waals surface area contributed by atoms with Crippen molar-refractivity contribution in [2.24, 2.45) is 0 Å². The number of hydrogen-bond acceptors (Lipinski definition) is 2. The van der Waals surface area contributed by atoms with Gasteiger partial charge in [0.05, 0.1) is 6.61 Å². The third-order valence-electron chi connectivity index (χ3n) is 4.50. The zero-order valence-corrected chi connectivity index (χ0v) is 13.4. The standard InChI is InChI=1S/C16H17ClNOP/c1-9-6-13-14(11(7-17)8-18(13)20)15-12(9)3-2-10-4-5-19-16(10)15/h2-3,6,11H,4-5,7-8,20H2,1H3/t11-/m1/s1. The minimum absolute atomic E-state index is 0.378. The molecule has 0 saturated heterocycles. The molecule has 0 aromatic heterocycles. The molecule has 2 nitrogen and oxygen atoms in total. The van der Waals surface area contributed by atoms with Crippen LogP contribution in [0.25, 0.3) is 10.8 Å². The lowest BCUT2D eigenvalue weighted by Gasteiger charge is -2.16. The maximum Gasteiger partial charge on any atom is 0.130 e. The Hall–Kier alpha value is -0.980. The van der Waals surface area contributed by atoms with Crippen molar-refractivity contribution in [3.63, 3.8) is 0 Å². The molecular weight excluding hydrogens is 289 g/mol.